The normalized spacial score (nSPS) is 20.0. The van der Waals surface area contributed by atoms with Crippen LogP contribution in [0.25, 0.3) is 0 Å². The molecule has 1 aliphatic rings. The van der Waals surface area contributed by atoms with E-state index in [1.54, 1.807) is 0 Å². The first-order valence-electron chi connectivity index (χ1n) is 7.41. The van der Waals surface area contributed by atoms with Crippen LogP contribution in [0.2, 0.25) is 5.02 Å². The molecule has 1 atom stereocenters. The van der Waals surface area contributed by atoms with Crippen LogP contribution in [0, 0.1) is 5.92 Å². The van der Waals surface area contributed by atoms with Gasteiger partial charge in [-0.15, -0.1) is 10.2 Å². The third kappa shape index (κ3) is 4.71. The van der Waals surface area contributed by atoms with Gasteiger partial charge in [0.15, 0.2) is 9.84 Å². The molecule has 0 radical (unpaired) electrons. The Morgan fingerprint density at radius 2 is 2.13 bits per heavy atom. The molecule has 2 heterocycles. The van der Waals surface area contributed by atoms with Crippen LogP contribution in [0.1, 0.15) is 17.9 Å². The quantitative estimate of drug-likeness (QED) is 0.725. The molecular formula is C15H17ClN2O3S2. The molecule has 0 bridgehead atoms. The highest BCUT2D eigenvalue weighted by molar-refractivity contribution is 7.99. The first-order chi connectivity index (χ1) is 11.0. The van der Waals surface area contributed by atoms with Gasteiger partial charge in [-0.1, -0.05) is 41.6 Å². The van der Waals surface area contributed by atoms with Crippen molar-refractivity contribution in [1.82, 2.24) is 10.2 Å². The van der Waals surface area contributed by atoms with Crippen molar-refractivity contribution in [2.75, 3.05) is 17.3 Å². The van der Waals surface area contributed by atoms with Gasteiger partial charge in [0.2, 0.25) is 5.89 Å². The minimum atomic E-state index is -2.87. The van der Waals surface area contributed by atoms with Crippen molar-refractivity contribution in [2.45, 2.75) is 24.5 Å². The second-order valence-corrected chi connectivity index (χ2v) is 9.31. The zero-order valence-corrected chi connectivity index (χ0v) is 14.8. The maximum absolute atomic E-state index is 11.5. The molecule has 0 spiro atoms. The highest BCUT2D eigenvalue weighted by Gasteiger charge is 2.29. The smallest absolute Gasteiger partial charge is 0.276 e. The zero-order chi connectivity index (χ0) is 16.3. The summed E-state index contributed by atoms with van der Waals surface area (Å²) in [6.07, 6.45) is 2.04. The van der Waals surface area contributed by atoms with Crippen LogP contribution in [0.15, 0.2) is 33.9 Å². The van der Waals surface area contributed by atoms with Gasteiger partial charge in [-0.05, 0) is 30.4 Å². The highest BCUT2D eigenvalue weighted by atomic mass is 35.5. The summed E-state index contributed by atoms with van der Waals surface area (Å²) in [5.74, 6) is 1.91. The minimum absolute atomic E-state index is 0.0985. The van der Waals surface area contributed by atoms with Crippen molar-refractivity contribution in [2.24, 2.45) is 5.92 Å². The molecule has 5 nitrogen and oxygen atoms in total. The number of hydrogen-bond acceptors (Lipinski definition) is 6. The van der Waals surface area contributed by atoms with Crippen molar-refractivity contribution < 1.29 is 12.8 Å². The summed E-state index contributed by atoms with van der Waals surface area (Å²) in [4.78, 5) is 0. The van der Waals surface area contributed by atoms with E-state index in [-0.39, 0.29) is 17.4 Å². The molecule has 1 aromatic carbocycles. The Morgan fingerprint density at radius 3 is 2.87 bits per heavy atom. The summed E-state index contributed by atoms with van der Waals surface area (Å²) >= 11 is 7.60. The summed E-state index contributed by atoms with van der Waals surface area (Å²) in [5.41, 5.74) is 1.09. The summed E-state index contributed by atoms with van der Waals surface area (Å²) in [6.45, 7) is 0. The molecule has 1 saturated heterocycles. The Balaban J connectivity index is 1.49. The van der Waals surface area contributed by atoms with E-state index in [1.807, 2.05) is 24.3 Å². The van der Waals surface area contributed by atoms with Crippen LogP contribution in [0.4, 0.5) is 0 Å². The molecule has 23 heavy (non-hydrogen) atoms. The van der Waals surface area contributed by atoms with Crippen LogP contribution < -0.4 is 0 Å². The first-order valence-corrected chi connectivity index (χ1v) is 10.6. The highest BCUT2D eigenvalue weighted by Crippen LogP contribution is 2.25. The summed E-state index contributed by atoms with van der Waals surface area (Å²) in [5, 5.41) is 9.31. The number of aromatic nitrogens is 2. The number of nitrogens with zero attached hydrogens (tertiary/aromatic N) is 2. The maximum atomic E-state index is 11.5. The molecule has 0 amide bonds. The lowest BCUT2D eigenvalue weighted by atomic mass is 10.1. The monoisotopic (exact) mass is 372 g/mol. The fourth-order valence-corrected chi connectivity index (χ4v) is 5.45. The van der Waals surface area contributed by atoms with Crippen molar-refractivity contribution in [3.05, 3.63) is 40.7 Å². The van der Waals surface area contributed by atoms with Gasteiger partial charge in [-0.2, -0.15) is 0 Å². The number of halogens is 1. The fourth-order valence-electron chi connectivity index (χ4n) is 2.61. The molecule has 8 heteroatoms. The van der Waals surface area contributed by atoms with E-state index in [4.69, 9.17) is 16.0 Å². The van der Waals surface area contributed by atoms with E-state index in [9.17, 15) is 8.42 Å². The standard InChI is InChI=1S/C15H17ClN2O3S2/c16-13-4-2-1-3-12(13)5-7-22-15-18-17-14(21-15)9-11-6-8-23(19,20)10-11/h1-4,11H,5-10H2. The third-order valence-corrected chi connectivity index (χ3v) is 6.82. The number of hydrogen-bond donors (Lipinski definition) is 0. The topological polar surface area (TPSA) is 73.1 Å². The van der Waals surface area contributed by atoms with E-state index in [0.717, 1.165) is 22.8 Å². The Labute approximate surface area is 144 Å². The van der Waals surface area contributed by atoms with Gasteiger partial charge in [-0.3, -0.25) is 0 Å². The molecule has 1 aromatic heterocycles. The van der Waals surface area contributed by atoms with E-state index in [2.05, 4.69) is 10.2 Å². The van der Waals surface area contributed by atoms with Gasteiger partial charge in [0.25, 0.3) is 5.22 Å². The lowest BCUT2D eigenvalue weighted by Crippen LogP contribution is -2.07. The van der Waals surface area contributed by atoms with E-state index in [0.29, 0.717) is 24.0 Å². The van der Waals surface area contributed by atoms with Crippen LogP contribution >= 0.6 is 23.4 Å². The molecule has 2 aromatic rings. The molecule has 124 valence electrons. The Kier molecular flexibility index (Phi) is 5.28. The Morgan fingerprint density at radius 1 is 1.30 bits per heavy atom. The van der Waals surface area contributed by atoms with Crippen molar-refractivity contribution >= 4 is 33.2 Å². The predicted molar refractivity (Wildman–Crippen MR) is 90.6 cm³/mol. The number of aryl methyl sites for hydroxylation is 1. The number of sulfone groups is 1. The Bertz CT molecular complexity index is 777. The van der Waals surface area contributed by atoms with E-state index < -0.39 is 9.84 Å². The van der Waals surface area contributed by atoms with Crippen LogP contribution in [-0.4, -0.2) is 35.9 Å². The largest absolute Gasteiger partial charge is 0.416 e. The molecule has 1 unspecified atom stereocenters. The molecule has 1 fully saturated rings. The third-order valence-electron chi connectivity index (χ3n) is 3.79. The second kappa shape index (κ2) is 7.23. The molecule has 0 saturated carbocycles. The van der Waals surface area contributed by atoms with Gasteiger partial charge < -0.3 is 4.42 Å². The van der Waals surface area contributed by atoms with Crippen molar-refractivity contribution in [1.29, 1.82) is 0 Å². The summed E-state index contributed by atoms with van der Waals surface area (Å²) in [6, 6.07) is 7.75. The molecule has 1 aliphatic heterocycles. The average molecular weight is 373 g/mol. The van der Waals surface area contributed by atoms with Gasteiger partial charge in [-0.25, -0.2) is 8.42 Å². The van der Waals surface area contributed by atoms with Gasteiger partial charge in [0.1, 0.15) is 0 Å². The van der Waals surface area contributed by atoms with Crippen LogP contribution in [-0.2, 0) is 22.7 Å². The minimum Gasteiger partial charge on any atom is -0.416 e. The van der Waals surface area contributed by atoms with Crippen molar-refractivity contribution in [3.8, 4) is 0 Å². The maximum Gasteiger partial charge on any atom is 0.276 e. The Hall–Kier alpha value is -1.05. The number of rotatable bonds is 6. The zero-order valence-electron chi connectivity index (χ0n) is 12.4. The number of thioether (sulfide) groups is 1. The SMILES string of the molecule is O=S1(=O)CCC(Cc2nnc(SCCc3ccccc3Cl)o2)C1. The predicted octanol–water partition coefficient (Wildman–Crippen LogP) is 3.04. The molecular weight excluding hydrogens is 356 g/mol. The fraction of sp³-hybridized carbons (Fsp3) is 0.467. The van der Waals surface area contributed by atoms with E-state index >= 15 is 0 Å². The van der Waals surface area contributed by atoms with Gasteiger partial charge in [0, 0.05) is 17.2 Å². The summed E-state index contributed by atoms with van der Waals surface area (Å²) in [7, 11) is -2.87. The van der Waals surface area contributed by atoms with Crippen LogP contribution in [0.3, 0.4) is 0 Å². The lowest BCUT2D eigenvalue weighted by Gasteiger charge is -2.02. The molecule has 3 rings (SSSR count). The first kappa shape index (κ1) is 16.8. The van der Waals surface area contributed by atoms with Crippen LogP contribution in [0.5, 0.6) is 0 Å². The van der Waals surface area contributed by atoms with E-state index in [1.165, 1.54) is 11.8 Å². The van der Waals surface area contributed by atoms with Crippen molar-refractivity contribution in [3.63, 3.8) is 0 Å². The van der Waals surface area contributed by atoms with Gasteiger partial charge >= 0.3 is 0 Å². The molecule has 0 N–H and O–H groups in total. The number of benzene rings is 1. The molecule has 0 aliphatic carbocycles. The summed E-state index contributed by atoms with van der Waals surface area (Å²) < 4.78 is 28.5. The van der Waals surface area contributed by atoms with Gasteiger partial charge in [0.05, 0.1) is 11.5 Å². The average Bonchev–Trinajstić information content (AvgIpc) is 3.08. The lowest BCUT2D eigenvalue weighted by molar-refractivity contribution is 0.389. The second-order valence-electron chi connectivity index (χ2n) is 5.62.